The number of nitrogens with one attached hydrogen (secondary N) is 2. The first kappa shape index (κ1) is 18.6. The fraction of sp³-hybridized carbons (Fsp3) is 0.222. The second-order valence-corrected chi connectivity index (χ2v) is 6.67. The molecule has 0 aliphatic heterocycles. The van der Waals surface area contributed by atoms with E-state index in [0.29, 0.717) is 27.3 Å². The summed E-state index contributed by atoms with van der Waals surface area (Å²) in [6.45, 7) is 1.61. The first-order valence-corrected chi connectivity index (χ1v) is 9.04. The topological polar surface area (TPSA) is 102 Å². The highest BCUT2D eigenvalue weighted by Crippen LogP contribution is 2.28. The molecule has 8 nitrogen and oxygen atoms in total. The molecule has 0 saturated carbocycles. The first-order valence-electron chi connectivity index (χ1n) is 8.16. The summed E-state index contributed by atoms with van der Waals surface area (Å²) in [6, 6.07) is 6.67. The van der Waals surface area contributed by atoms with Gasteiger partial charge in [0.2, 0.25) is 11.8 Å². The van der Waals surface area contributed by atoms with Gasteiger partial charge in [0, 0.05) is 25.6 Å². The van der Waals surface area contributed by atoms with E-state index in [0.717, 1.165) is 0 Å². The molecule has 3 aromatic rings. The zero-order valence-corrected chi connectivity index (χ0v) is 15.6. The molecule has 27 heavy (non-hydrogen) atoms. The van der Waals surface area contributed by atoms with E-state index >= 15 is 0 Å². The van der Waals surface area contributed by atoms with Gasteiger partial charge < -0.3 is 15.4 Å². The number of aryl methyl sites for hydroxylation is 1. The van der Waals surface area contributed by atoms with Crippen LogP contribution in [-0.4, -0.2) is 28.5 Å². The summed E-state index contributed by atoms with van der Waals surface area (Å²) in [5.41, 5.74) is 0.814. The van der Waals surface area contributed by atoms with E-state index in [9.17, 15) is 14.4 Å². The molecule has 0 aliphatic rings. The van der Waals surface area contributed by atoms with Crippen LogP contribution in [0.25, 0.3) is 10.2 Å². The van der Waals surface area contributed by atoms with Crippen molar-refractivity contribution in [2.45, 2.75) is 19.9 Å². The molecule has 0 spiro atoms. The van der Waals surface area contributed by atoms with Crippen molar-refractivity contribution in [1.29, 1.82) is 0 Å². The standard InChI is InChI=1S/C18H18N4O4S/c1-11(23)20-12-3-4-15(26-2)14(9-12)21-16(24)5-7-22-10-19-17-13(18(22)25)6-8-27-17/h3-4,6,8-10H,5,7H2,1-2H3,(H,20,23)(H,21,24). The Morgan fingerprint density at radius 3 is 2.81 bits per heavy atom. The molecule has 0 bridgehead atoms. The molecule has 0 unspecified atom stereocenters. The van der Waals surface area contributed by atoms with Crippen LogP contribution >= 0.6 is 11.3 Å². The number of carbonyl (C=O) groups is 2. The molecule has 0 saturated heterocycles. The van der Waals surface area contributed by atoms with Crippen molar-refractivity contribution in [2.24, 2.45) is 0 Å². The van der Waals surface area contributed by atoms with Gasteiger partial charge in [-0.25, -0.2) is 4.98 Å². The van der Waals surface area contributed by atoms with Gasteiger partial charge in [0.15, 0.2) is 0 Å². The largest absolute Gasteiger partial charge is 0.495 e. The molecule has 0 radical (unpaired) electrons. The normalized spacial score (nSPS) is 10.6. The lowest BCUT2D eigenvalue weighted by molar-refractivity contribution is -0.116. The number of nitrogens with zero attached hydrogens (tertiary/aromatic N) is 2. The Hall–Kier alpha value is -3.20. The molecule has 9 heteroatoms. The van der Waals surface area contributed by atoms with Crippen molar-refractivity contribution in [1.82, 2.24) is 9.55 Å². The van der Waals surface area contributed by atoms with Gasteiger partial charge >= 0.3 is 0 Å². The van der Waals surface area contributed by atoms with Crippen LogP contribution in [-0.2, 0) is 16.1 Å². The zero-order valence-electron chi connectivity index (χ0n) is 14.8. The number of hydrogen-bond acceptors (Lipinski definition) is 6. The fourth-order valence-corrected chi connectivity index (χ4v) is 3.30. The van der Waals surface area contributed by atoms with Gasteiger partial charge in [0.05, 0.1) is 24.5 Å². The first-order chi connectivity index (χ1) is 13.0. The Labute approximate surface area is 158 Å². The molecular formula is C18H18N4O4S. The van der Waals surface area contributed by atoms with Crippen LogP contribution in [0.4, 0.5) is 11.4 Å². The van der Waals surface area contributed by atoms with E-state index in [4.69, 9.17) is 4.74 Å². The van der Waals surface area contributed by atoms with E-state index < -0.39 is 0 Å². The van der Waals surface area contributed by atoms with Gasteiger partial charge in [-0.05, 0) is 29.6 Å². The SMILES string of the molecule is COc1ccc(NC(C)=O)cc1NC(=O)CCn1cnc2sccc2c1=O. The van der Waals surface area contributed by atoms with Gasteiger partial charge in [0.25, 0.3) is 5.56 Å². The van der Waals surface area contributed by atoms with Crippen molar-refractivity contribution in [3.63, 3.8) is 0 Å². The highest BCUT2D eigenvalue weighted by atomic mass is 32.1. The smallest absolute Gasteiger partial charge is 0.262 e. The number of thiophene rings is 1. The minimum Gasteiger partial charge on any atom is -0.495 e. The molecule has 2 heterocycles. The summed E-state index contributed by atoms with van der Waals surface area (Å²) in [7, 11) is 1.49. The van der Waals surface area contributed by atoms with Crippen LogP contribution in [0.15, 0.2) is 40.8 Å². The number of aromatic nitrogens is 2. The molecule has 2 amide bonds. The predicted molar refractivity (Wildman–Crippen MR) is 104 cm³/mol. The maximum atomic E-state index is 12.3. The molecule has 0 fully saturated rings. The van der Waals surface area contributed by atoms with Gasteiger partial charge in [-0.3, -0.25) is 19.0 Å². The summed E-state index contributed by atoms with van der Waals surface area (Å²) in [4.78, 5) is 40.8. The molecular weight excluding hydrogens is 368 g/mol. The van der Waals surface area contributed by atoms with E-state index in [1.165, 1.54) is 36.3 Å². The van der Waals surface area contributed by atoms with E-state index in [1.54, 1.807) is 24.3 Å². The highest BCUT2D eigenvalue weighted by Gasteiger charge is 2.11. The second-order valence-electron chi connectivity index (χ2n) is 5.78. The number of ether oxygens (including phenoxy) is 1. The monoisotopic (exact) mass is 386 g/mol. The number of anilines is 2. The van der Waals surface area contributed by atoms with Gasteiger partial charge in [-0.1, -0.05) is 0 Å². The Bertz CT molecular complexity index is 1060. The lowest BCUT2D eigenvalue weighted by atomic mass is 10.2. The van der Waals surface area contributed by atoms with Crippen LogP contribution in [0.5, 0.6) is 5.75 Å². The Kier molecular flexibility index (Phi) is 5.51. The minimum absolute atomic E-state index is 0.0880. The average Bonchev–Trinajstić information content (AvgIpc) is 3.10. The van der Waals surface area contributed by atoms with Crippen LogP contribution < -0.4 is 20.9 Å². The van der Waals surface area contributed by atoms with Gasteiger partial charge in [-0.2, -0.15) is 0 Å². The summed E-state index contributed by atoms with van der Waals surface area (Å²) < 4.78 is 6.65. The quantitative estimate of drug-likeness (QED) is 0.677. The predicted octanol–water partition coefficient (Wildman–Crippen LogP) is 2.45. The Morgan fingerprint density at radius 1 is 1.26 bits per heavy atom. The Morgan fingerprint density at radius 2 is 2.07 bits per heavy atom. The molecule has 0 aliphatic carbocycles. The summed E-state index contributed by atoms with van der Waals surface area (Å²) in [5.74, 6) is -0.0327. The third-order valence-corrected chi connectivity index (χ3v) is 4.64. The fourth-order valence-electron chi connectivity index (χ4n) is 2.57. The minimum atomic E-state index is -0.286. The highest BCUT2D eigenvalue weighted by molar-refractivity contribution is 7.16. The number of hydrogen-bond donors (Lipinski definition) is 2. The summed E-state index contributed by atoms with van der Waals surface area (Å²) >= 11 is 1.40. The molecule has 140 valence electrons. The van der Waals surface area contributed by atoms with Gasteiger partial charge in [0.1, 0.15) is 10.6 Å². The number of rotatable bonds is 6. The summed E-state index contributed by atoms with van der Waals surface area (Å²) in [6.07, 6.45) is 1.54. The van der Waals surface area contributed by atoms with Gasteiger partial charge in [-0.15, -0.1) is 11.3 Å². The molecule has 0 atom stereocenters. The number of benzene rings is 1. The van der Waals surface area contributed by atoms with Crippen LogP contribution in [0.1, 0.15) is 13.3 Å². The molecule has 3 rings (SSSR count). The maximum absolute atomic E-state index is 12.3. The van der Waals surface area contributed by atoms with Crippen LogP contribution in [0.3, 0.4) is 0 Å². The van der Waals surface area contributed by atoms with Crippen molar-refractivity contribution in [3.8, 4) is 5.75 Å². The zero-order chi connectivity index (χ0) is 19.4. The lowest BCUT2D eigenvalue weighted by Gasteiger charge is -2.12. The van der Waals surface area contributed by atoms with Crippen molar-refractivity contribution in [3.05, 3.63) is 46.3 Å². The number of fused-ring (bicyclic) bond motifs is 1. The van der Waals surface area contributed by atoms with E-state index in [1.807, 2.05) is 5.38 Å². The molecule has 1 aromatic carbocycles. The number of carbonyl (C=O) groups excluding carboxylic acids is 2. The van der Waals surface area contributed by atoms with E-state index in [2.05, 4.69) is 15.6 Å². The second kappa shape index (κ2) is 8.00. The van der Waals surface area contributed by atoms with Crippen LogP contribution in [0, 0.1) is 0 Å². The number of methoxy groups -OCH3 is 1. The third kappa shape index (κ3) is 4.32. The summed E-state index contributed by atoms with van der Waals surface area (Å²) in [5, 5.41) is 7.76. The van der Waals surface area contributed by atoms with Crippen LogP contribution in [0.2, 0.25) is 0 Å². The Balaban J connectivity index is 1.70. The number of amides is 2. The lowest BCUT2D eigenvalue weighted by Crippen LogP contribution is -2.23. The van der Waals surface area contributed by atoms with E-state index in [-0.39, 0.29) is 30.3 Å². The van der Waals surface area contributed by atoms with Crippen molar-refractivity contribution < 1.29 is 14.3 Å². The molecule has 2 aromatic heterocycles. The van der Waals surface area contributed by atoms with Crippen molar-refractivity contribution >= 4 is 44.7 Å². The molecule has 2 N–H and O–H groups in total. The average molecular weight is 386 g/mol. The maximum Gasteiger partial charge on any atom is 0.262 e. The van der Waals surface area contributed by atoms with Crippen molar-refractivity contribution in [2.75, 3.05) is 17.7 Å². The third-order valence-electron chi connectivity index (χ3n) is 3.82.